The van der Waals surface area contributed by atoms with Crippen LogP contribution < -0.4 is 4.90 Å². The van der Waals surface area contributed by atoms with Crippen molar-refractivity contribution in [3.8, 4) is 0 Å². The first kappa shape index (κ1) is 21.4. The molecule has 31 heavy (non-hydrogen) atoms. The van der Waals surface area contributed by atoms with E-state index in [4.69, 9.17) is 4.98 Å². The van der Waals surface area contributed by atoms with Gasteiger partial charge in [-0.3, -0.25) is 4.79 Å². The molecule has 0 saturated carbocycles. The van der Waals surface area contributed by atoms with Crippen LogP contribution in [0.5, 0.6) is 0 Å². The summed E-state index contributed by atoms with van der Waals surface area (Å²) in [7, 11) is 0. The summed E-state index contributed by atoms with van der Waals surface area (Å²) in [6.07, 6.45) is 0.286. The average molecular weight is 429 g/mol. The average Bonchev–Trinajstić information content (AvgIpc) is 3.31. The Morgan fingerprint density at radius 1 is 1.06 bits per heavy atom. The van der Waals surface area contributed by atoms with Gasteiger partial charge in [-0.25, -0.2) is 4.98 Å². The molecule has 0 N–H and O–H groups in total. The number of carbonyl (C=O) groups excluding carboxylic acids is 1. The molecule has 2 aromatic carbocycles. The fourth-order valence-corrected chi connectivity index (χ4v) is 4.32. The Labute approximate surface area is 179 Å². The molecule has 3 aromatic rings. The quantitative estimate of drug-likeness (QED) is 0.422. The van der Waals surface area contributed by atoms with E-state index in [-0.39, 0.29) is 23.9 Å². The van der Waals surface area contributed by atoms with Gasteiger partial charge in [0.2, 0.25) is 5.91 Å². The van der Waals surface area contributed by atoms with E-state index in [1.807, 2.05) is 24.3 Å². The van der Waals surface area contributed by atoms with Crippen molar-refractivity contribution < 1.29 is 18.0 Å². The molecule has 4 nitrogen and oxygen atoms in total. The molecule has 164 valence electrons. The van der Waals surface area contributed by atoms with Crippen LogP contribution in [0.4, 0.5) is 18.9 Å². The molecule has 7 heteroatoms. The zero-order valence-electron chi connectivity index (χ0n) is 17.5. The van der Waals surface area contributed by atoms with Gasteiger partial charge in [-0.1, -0.05) is 44.4 Å². The number of hydrogen-bond donors (Lipinski definition) is 0. The topological polar surface area (TPSA) is 38.1 Å². The number of para-hydroxylation sites is 2. The first-order chi connectivity index (χ1) is 14.9. The van der Waals surface area contributed by atoms with E-state index >= 15 is 0 Å². The van der Waals surface area contributed by atoms with Crippen molar-refractivity contribution in [1.82, 2.24) is 9.55 Å². The molecule has 1 aliphatic rings. The number of rotatable bonds is 7. The normalized spacial score (nSPS) is 17.1. The van der Waals surface area contributed by atoms with Crippen LogP contribution in [0.2, 0.25) is 0 Å². The highest BCUT2D eigenvalue weighted by atomic mass is 19.4. The summed E-state index contributed by atoms with van der Waals surface area (Å²) in [5.41, 5.74) is 1.47. The van der Waals surface area contributed by atoms with Gasteiger partial charge in [0, 0.05) is 31.1 Å². The van der Waals surface area contributed by atoms with Gasteiger partial charge in [-0.15, -0.1) is 0 Å². The van der Waals surface area contributed by atoms with E-state index in [1.54, 1.807) is 6.07 Å². The summed E-state index contributed by atoms with van der Waals surface area (Å²) in [6, 6.07) is 12.9. The number of imidazole rings is 1. The largest absolute Gasteiger partial charge is 0.416 e. The van der Waals surface area contributed by atoms with Crippen LogP contribution >= 0.6 is 0 Å². The number of amides is 1. The third-order valence-corrected chi connectivity index (χ3v) is 5.89. The third-order valence-electron chi connectivity index (χ3n) is 5.89. The molecule has 1 aromatic heterocycles. The Morgan fingerprint density at radius 2 is 1.87 bits per heavy atom. The number of hydrogen-bond acceptors (Lipinski definition) is 2. The van der Waals surface area contributed by atoms with Crippen molar-refractivity contribution >= 4 is 22.6 Å². The molecule has 1 amide bonds. The summed E-state index contributed by atoms with van der Waals surface area (Å²) in [5, 5.41) is 0. The van der Waals surface area contributed by atoms with E-state index < -0.39 is 11.7 Å². The maximum atomic E-state index is 13.1. The maximum Gasteiger partial charge on any atom is 0.416 e. The monoisotopic (exact) mass is 429 g/mol. The van der Waals surface area contributed by atoms with Crippen LogP contribution in [0.25, 0.3) is 11.0 Å². The van der Waals surface area contributed by atoms with Crippen molar-refractivity contribution in [3.63, 3.8) is 0 Å². The number of fused-ring (bicyclic) bond motifs is 1. The minimum atomic E-state index is -4.44. The second-order valence-corrected chi connectivity index (χ2v) is 8.12. The Bertz CT molecular complexity index is 1070. The zero-order chi connectivity index (χ0) is 22.0. The van der Waals surface area contributed by atoms with Crippen LogP contribution in [0.1, 0.15) is 56.3 Å². The molecule has 0 bridgehead atoms. The van der Waals surface area contributed by atoms with Crippen LogP contribution in [0.3, 0.4) is 0 Å². The van der Waals surface area contributed by atoms with Crippen molar-refractivity contribution in [2.24, 2.45) is 0 Å². The Balaban J connectivity index is 1.62. The van der Waals surface area contributed by atoms with E-state index in [9.17, 15) is 18.0 Å². The number of halogens is 3. The number of benzene rings is 2. The second kappa shape index (κ2) is 8.73. The van der Waals surface area contributed by atoms with E-state index in [2.05, 4.69) is 11.5 Å². The fraction of sp³-hybridized carbons (Fsp3) is 0.417. The van der Waals surface area contributed by atoms with Gasteiger partial charge in [-0.05, 0) is 36.8 Å². The summed E-state index contributed by atoms with van der Waals surface area (Å²) in [6.45, 7) is 3.33. The third kappa shape index (κ3) is 4.45. The number of aryl methyl sites for hydroxylation is 1. The van der Waals surface area contributed by atoms with Gasteiger partial charge in [-0.2, -0.15) is 13.2 Å². The van der Waals surface area contributed by atoms with Crippen molar-refractivity contribution in [2.45, 2.75) is 57.7 Å². The van der Waals surface area contributed by atoms with Gasteiger partial charge in [0.25, 0.3) is 0 Å². The van der Waals surface area contributed by atoms with Crippen LogP contribution in [0, 0.1) is 0 Å². The van der Waals surface area contributed by atoms with E-state index in [1.165, 1.54) is 17.4 Å². The van der Waals surface area contributed by atoms with Crippen LogP contribution in [-0.4, -0.2) is 22.0 Å². The number of carbonyl (C=O) groups is 1. The molecule has 1 fully saturated rings. The molecule has 0 radical (unpaired) electrons. The van der Waals surface area contributed by atoms with Gasteiger partial charge in [0.1, 0.15) is 5.82 Å². The minimum Gasteiger partial charge on any atom is -0.328 e. The predicted octanol–water partition coefficient (Wildman–Crippen LogP) is 6.16. The Kier molecular flexibility index (Phi) is 6.03. The SMILES string of the molecule is CCCCCCn1c(C2CC(=O)N(c3cccc(C(F)(F)F)c3)C2)nc2ccccc21. The fourth-order valence-electron chi connectivity index (χ4n) is 4.32. The highest BCUT2D eigenvalue weighted by Crippen LogP contribution is 2.36. The smallest absolute Gasteiger partial charge is 0.328 e. The number of alkyl halides is 3. The van der Waals surface area contributed by atoms with E-state index in [0.717, 1.165) is 54.8 Å². The lowest BCUT2D eigenvalue weighted by Gasteiger charge is -2.19. The Hall–Kier alpha value is -2.83. The molecule has 4 rings (SSSR count). The lowest BCUT2D eigenvalue weighted by molar-refractivity contribution is -0.137. The summed E-state index contributed by atoms with van der Waals surface area (Å²) in [5.74, 6) is 0.523. The van der Waals surface area contributed by atoms with Gasteiger partial charge >= 0.3 is 6.18 Å². The standard InChI is InChI=1S/C24H26F3N3O/c1-2-3-4-7-13-29-21-12-6-5-11-20(21)28-23(29)17-14-22(31)30(16-17)19-10-8-9-18(15-19)24(25,26)27/h5-6,8-12,15,17H,2-4,7,13-14,16H2,1H3. The van der Waals surface area contributed by atoms with Gasteiger partial charge in [0.15, 0.2) is 0 Å². The number of nitrogens with zero attached hydrogens (tertiary/aromatic N) is 3. The first-order valence-corrected chi connectivity index (χ1v) is 10.8. The number of aromatic nitrogens is 2. The van der Waals surface area contributed by atoms with Crippen LogP contribution in [0.15, 0.2) is 48.5 Å². The van der Waals surface area contributed by atoms with Crippen LogP contribution in [-0.2, 0) is 17.5 Å². The van der Waals surface area contributed by atoms with Crippen molar-refractivity contribution in [1.29, 1.82) is 0 Å². The van der Waals surface area contributed by atoms with Crippen molar-refractivity contribution in [2.75, 3.05) is 11.4 Å². The highest BCUT2D eigenvalue weighted by Gasteiger charge is 2.36. The first-order valence-electron chi connectivity index (χ1n) is 10.8. The number of unbranched alkanes of at least 4 members (excludes halogenated alkanes) is 3. The summed E-state index contributed by atoms with van der Waals surface area (Å²) >= 11 is 0. The Morgan fingerprint density at radius 3 is 2.65 bits per heavy atom. The van der Waals surface area contributed by atoms with Gasteiger partial charge < -0.3 is 9.47 Å². The second-order valence-electron chi connectivity index (χ2n) is 8.12. The van der Waals surface area contributed by atoms with Crippen molar-refractivity contribution in [3.05, 3.63) is 59.9 Å². The zero-order valence-corrected chi connectivity index (χ0v) is 17.5. The molecule has 2 heterocycles. The summed E-state index contributed by atoms with van der Waals surface area (Å²) < 4.78 is 41.6. The van der Waals surface area contributed by atoms with Gasteiger partial charge in [0.05, 0.1) is 16.6 Å². The lowest BCUT2D eigenvalue weighted by Crippen LogP contribution is -2.25. The van der Waals surface area contributed by atoms with E-state index in [0.29, 0.717) is 6.54 Å². The molecule has 1 saturated heterocycles. The maximum absolute atomic E-state index is 13.1. The molecule has 1 unspecified atom stereocenters. The molecule has 0 spiro atoms. The highest BCUT2D eigenvalue weighted by molar-refractivity contribution is 5.96. The molecule has 1 atom stereocenters. The number of anilines is 1. The predicted molar refractivity (Wildman–Crippen MR) is 115 cm³/mol. The minimum absolute atomic E-state index is 0.152. The molecular formula is C24H26F3N3O. The molecule has 1 aliphatic heterocycles. The summed E-state index contributed by atoms with van der Waals surface area (Å²) in [4.78, 5) is 19.0. The lowest BCUT2D eigenvalue weighted by atomic mass is 10.1. The molecule has 0 aliphatic carbocycles. The molecular weight excluding hydrogens is 403 g/mol.